The van der Waals surface area contributed by atoms with E-state index in [-0.39, 0.29) is 27.9 Å². The molecule has 0 saturated carbocycles. The molecule has 0 amide bonds. The second-order valence-electron chi connectivity index (χ2n) is 10.8. The Hall–Kier alpha value is -1.62. The van der Waals surface area contributed by atoms with Crippen LogP contribution in [0.15, 0.2) is 85.5 Å². The molecule has 4 rings (SSSR count). The number of hydrogen-bond donors (Lipinski definition) is 0. The quantitative estimate of drug-likeness (QED) is 0.149. The van der Waals surface area contributed by atoms with Gasteiger partial charge in [0.1, 0.15) is 0 Å². The molecule has 2 heterocycles. The van der Waals surface area contributed by atoms with E-state index in [1.807, 2.05) is 67.3 Å². The van der Waals surface area contributed by atoms with Crippen LogP contribution in [-0.2, 0) is 39.2 Å². The molecule has 35 heavy (non-hydrogen) atoms. The molecule has 2 nitrogen and oxygen atoms in total. The van der Waals surface area contributed by atoms with Gasteiger partial charge in [-0.3, -0.25) is 9.97 Å². The van der Waals surface area contributed by atoms with Gasteiger partial charge in [-0.1, -0.05) is 65.3 Å². The number of rotatable bonds is 4. The first-order valence-corrected chi connectivity index (χ1v) is 13.2. The van der Waals surface area contributed by atoms with Crippen LogP contribution in [0.5, 0.6) is 0 Å². The first kappa shape index (κ1) is 29.6. The third kappa shape index (κ3) is 6.58. The Morgan fingerprint density at radius 2 is 1.29 bits per heavy atom. The summed E-state index contributed by atoms with van der Waals surface area (Å²) in [5.41, 5.74) is 7.99. The van der Waals surface area contributed by atoms with E-state index in [1.54, 1.807) is 0 Å². The molecule has 0 aliphatic heterocycles. The molecule has 192 valence electrons. The summed E-state index contributed by atoms with van der Waals surface area (Å²) in [6.07, 6.45) is 8.56. The maximum atomic E-state index is 4.47. The van der Waals surface area contributed by atoms with Crippen molar-refractivity contribution in [2.24, 2.45) is 0 Å². The molecular weight excluding hydrogens is 506 g/mol. The molecule has 4 aromatic rings. The summed E-state index contributed by atoms with van der Waals surface area (Å²) in [7, 11) is 6.12. The summed E-state index contributed by atoms with van der Waals surface area (Å²) < 4.78 is 0. The van der Waals surface area contributed by atoms with Crippen LogP contribution < -0.4 is 0 Å². The number of pyridine rings is 2. The summed E-state index contributed by atoms with van der Waals surface area (Å²) in [4.78, 5) is 8.93. The Balaban J connectivity index is 0.000000640. The molecule has 0 saturated heterocycles. The first-order valence-electron chi connectivity index (χ1n) is 11.8. The zero-order chi connectivity index (χ0) is 25.0. The standard InChI is InChI=1S/C25H33N2P2.C5H5.Fe/c1-23(2,3)20-13-17(16-28)21(22(20)24(4,5)6)25(29,18-9-7-11-26-14-18)19-10-8-12-27-15-19;1-2-4-5-3-1;/h7-15H,16,28-29H2,1-6H3;1-5H;/q-1;-5;. The minimum Gasteiger partial charge on any atom is -0.748 e. The van der Waals surface area contributed by atoms with Crippen LogP contribution >= 0.6 is 18.5 Å². The molecule has 0 bridgehead atoms. The Kier molecular flexibility index (Phi) is 10.2. The summed E-state index contributed by atoms with van der Waals surface area (Å²) in [6, 6.07) is 20.8. The van der Waals surface area contributed by atoms with Gasteiger partial charge in [-0.2, -0.15) is 22.8 Å². The molecule has 2 aromatic carbocycles. The van der Waals surface area contributed by atoms with Gasteiger partial charge in [0.2, 0.25) is 0 Å². The summed E-state index contributed by atoms with van der Waals surface area (Å²) in [6.45, 7) is 13.9. The zero-order valence-electron chi connectivity index (χ0n) is 21.7. The maximum Gasteiger partial charge on any atom is 0.0304 e. The van der Waals surface area contributed by atoms with Crippen LogP contribution in [0.2, 0.25) is 0 Å². The second kappa shape index (κ2) is 12.1. The van der Waals surface area contributed by atoms with Crippen molar-refractivity contribution in [1.82, 2.24) is 9.97 Å². The normalized spacial score (nSPS) is 11.9. The van der Waals surface area contributed by atoms with E-state index in [1.165, 1.54) is 22.3 Å². The topological polar surface area (TPSA) is 25.8 Å². The fourth-order valence-corrected chi connectivity index (χ4v) is 5.56. The van der Waals surface area contributed by atoms with Crippen LogP contribution in [0, 0.1) is 0 Å². The molecule has 0 aliphatic rings. The Labute approximate surface area is 227 Å². The molecule has 5 heteroatoms. The first-order chi connectivity index (χ1) is 16.0. The van der Waals surface area contributed by atoms with Crippen LogP contribution in [0.1, 0.15) is 74.9 Å². The minimum absolute atomic E-state index is 0. The van der Waals surface area contributed by atoms with Gasteiger partial charge in [-0.05, 0) is 28.7 Å². The average Bonchev–Trinajstić information content (AvgIpc) is 3.51. The van der Waals surface area contributed by atoms with Crippen LogP contribution in [0.4, 0.5) is 0 Å². The molecule has 0 fully saturated rings. The Morgan fingerprint density at radius 1 is 0.829 bits per heavy atom. The summed E-state index contributed by atoms with van der Waals surface area (Å²) in [5, 5.41) is -0.416. The van der Waals surface area contributed by atoms with Crippen molar-refractivity contribution in [3.8, 4) is 0 Å². The molecule has 0 spiro atoms. The molecule has 2 unspecified atom stereocenters. The van der Waals surface area contributed by atoms with Crippen molar-refractivity contribution >= 4 is 18.5 Å². The largest absolute Gasteiger partial charge is 0.748 e. The van der Waals surface area contributed by atoms with Crippen molar-refractivity contribution in [2.75, 3.05) is 0 Å². The van der Waals surface area contributed by atoms with Crippen LogP contribution in [-0.4, -0.2) is 9.97 Å². The molecule has 0 aliphatic carbocycles. The van der Waals surface area contributed by atoms with Crippen molar-refractivity contribution in [2.45, 2.75) is 63.7 Å². The van der Waals surface area contributed by atoms with Crippen molar-refractivity contribution in [3.63, 3.8) is 0 Å². The average molecular weight is 544 g/mol. The van der Waals surface area contributed by atoms with E-state index in [9.17, 15) is 0 Å². The fraction of sp³-hybridized carbons (Fsp3) is 0.333. The van der Waals surface area contributed by atoms with Crippen molar-refractivity contribution in [1.29, 1.82) is 0 Å². The number of nitrogens with zero attached hydrogens (tertiary/aromatic N) is 2. The zero-order valence-corrected chi connectivity index (χ0v) is 25.1. The minimum atomic E-state index is -0.416. The molecule has 2 aromatic heterocycles. The van der Waals surface area contributed by atoms with E-state index < -0.39 is 5.16 Å². The van der Waals surface area contributed by atoms with E-state index in [4.69, 9.17) is 0 Å². The van der Waals surface area contributed by atoms with E-state index in [2.05, 4.69) is 88.2 Å². The smallest absolute Gasteiger partial charge is 0.0304 e. The third-order valence-corrected chi connectivity index (χ3v) is 7.52. The van der Waals surface area contributed by atoms with Gasteiger partial charge in [0.25, 0.3) is 0 Å². The van der Waals surface area contributed by atoms with Gasteiger partial charge in [-0.25, -0.2) is 0 Å². The summed E-state index contributed by atoms with van der Waals surface area (Å²) >= 11 is 0. The molecule has 2 atom stereocenters. The predicted octanol–water partition coefficient (Wildman–Crippen LogP) is 7.74. The second-order valence-corrected chi connectivity index (χ2v) is 12.1. The van der Waals surface area contributed by atoms with E-state index >= 15 is 0 Å². The number of aromatic nitrogens is 2. The maximum absolute atomic E-state index is 4.47. The van der Waals surface area contributed by atoms with Gasteiger partial charge >= 0.3 is 0 Å². The predicted molar refractivity (Wildman–Crippen MR) is 153 cm³/mol. The van der Waals surface area contributed by atoms with E-state index in [0.29, 0.717) is 0 Å². The van der Waals surface area contributed by atoms with Crippen LogP contribution in [0.25, 0.3) is 0 Å². The van der Waals surface area contributed by atoms with Gasteiger partial charge in [0, 0.05) is 47.0 Å². The molecular formula is C30H38FeN2P2-6. The Morgan fingerprint density at radius 3 is 1.60 bits per heavy atom. The molecule has 0 N–H and O–H groups in total. The monoisotopic (exact) mass is 544 g/mol. The fourth-order valence-electron chi connectivity index (χ4n) is 4.56. The van der Waals surface area contributed by atoms with Gasteiger partial charge in [0.05, 0.1) is 0 Å². The third-order valence-electron chi connectivity index (χ3n) is 6.12. The van der Waals surface area contributed by atoms with Gasteiger partial charge in [0.15, 0.2) is 0 Å². The SMILES string of the molecule is CC(C)(C)c1c(C(P)(c2cccnc2)c2cccnc2)c(CP)c[c-]1C(C)(C)C.[Fe].[cH-]1[cH-][cH-][cH-][cH-]1. The Bertz CT molecular complexity index is 1100. The van der Waals surface area contributed by atoms with Gasteiger partial charge < -0.3 is 30.3 Å². The van der Waals surface area contributed by atoms with Crippen molar-refractivity contribution < 1.29 is 17.1 Å². The van der Waals surface area contributed by atoms with E-state index in [0.717, 1.165) is 17.3 Å². The van der Waals surface area contributed by atoms with Crippen molar-refractivity contribution in [3.05, 3.63) is 119 Å². The van der Waals surface area contributed by atoms with Gasteiger partial charge in [-0.15, -0.1) is 24.0 Å². The summed E-state index contributed by atoms with van der Waals surface area (Å²) in [5.74, 6) is 0. The van der Waals surface area contributed by atoms with Crippen LogP contribution in [0.3, 0.4) is 0 Å². The molecule has 0 radical (unpaired) electrons. The number of hydrogen-bond acceptors (Lipinski definition) is 2.